The molecule has 0 saturated heterocycles. The quantitative estimate of drug-likeness (QED) is 0.878. The molecule has 0 aromatic heterocycles. The maximum absolute atomic E-state index is 13.7. The van der Waals surface area contributed by atoms with Crippen LogP contribution in [0.1, 0.15) is 18.1 Å². The van der Waals surface area contributed by atoms with Crippen molar-refractivity contribution in [1.29, 1.82) is 0 Å². The van der Waals surface area contributed by atoms with E-state index in [4.69, 9.17) is 5.73 Å². The Balaban J connectivity index is 2.14. The van der Waals surface area contributed by atoms with Crippen LogP contribution in [0.3, 0.4) is 0 Å². The molecule has 0 amide bonds. The summed E-state index contributed by atoms with van der Waals surface area (Å²) in [6, 6.07) is 13.2. The van der Waals surface area contributed by atoms with Crippen molar-refractivity contribution in [3.05, 3.63) is 63.9 Å². The van der Waals surface area contributed by atoms with Gasteiger partial charge in [-0.1, -0.05) is 40.2 Å². The standard InChI is InChI=1S/C17H20BrFN2/c1-12(20)9-13-7-8-15(10-16(13)18)21(2)11-14-5-3-4-6-17(14)19/h3-8,10,12H,9,11,20H2,1-2H3. The van der Waals surface area contributed by atoms with Crippen molar-refractivity contribution in [2.75, 3.05) is 11.9 Å². The molecule has 0 radical (unpaired) electrons. The van der Waals surface area contributed by atoms with E-state index in [1.165, 1.54) is 11.6 Å². The van der Waals surface area contributed by atoms with Crippen LogP contribution in [0, 0.1) is 5.82 Å². The predicted molar refractivity (Wildman–Crippen MR) is 90.0 cm³/mol. The summed E-state index contributed by atoms with van der Waals surface area (Å²) in [5.74, 6) is -0.169. The lowest BCUT2D eigenvalue weighted by atomic mass is 10.1. The Morgan fingerprint density at radius 3 is 2.52 bits per heavy atom. The largest absolute Gasteiger partial charge is 0.370 e. The van der Waals surface area contributed by atoms with E-state index in [1.54, 1.807) is 6.07 Å². The SMILES string of the molecule is CC(N)Cc1ccc(N(C)Cc2ccccc2F)cc1Br. The summed E-state index contributed by atoms with van der Waals surface area (Å²) >= 11 is 3.59. The van der Waals surface area contributed by atoms with Crippen LogP contribution >= 0.6 is 15.9 Å². The van der Waals surface area contributed by atoms with E-state index in [0.717, 1.165) is 16.6 Å². The highest BCUT2D eigenvalue weighted by Gasteiger charge is 2.09. The fourth-order valence-electron chi connectivity index (χ4n) is 2.26. The molecule has 1 unspecified atom stereocenters. The summed E-state index contributed by atoms with van der Waals surface area (Å²) in [7, 11) is 1.96. The molecule has 112 valence electrons. The molecule has 2 N–H and O–H groups in total. The first kappa shape index (κ1) is 16.0. The zero-order valence-corrected chi connectivity index (χ0v) is 13.9. The Morgan fingerprint density at radius 2 is 1.90 bits per heavy atom. The van der Waals surface area contributed by atoms with Gasteiger partial charge >= 0.3 is 0 Å². The number of anilines is 1. The normalized spacial score (nSPS) is 12.2. The molecule has 2 aromatic carbocycles. The van der Waals surface area contributed by atoms with Crippen LogP contribution < -0.4 is 10.6 Å². The zero-order valence-electron chi connectivity index (χ0n) is 12.3. The van der Waals surface area contributed by atoms with Gasteiger partial charge in [0.05, 0.1) is 0 Å². The molecule has 0 heterocycles. The van der Waals surface area contributed by atoms with Gasteiger partial charge in [-0.25, -0.2) is 4.39 Å². The number of nitrogens with zero attached hydrogens (tertiary/aromatic N) is 1. The molecule has 0 aliphatic rings. The molecule has 0 aliphatic heterocycles. The minimum atomic E-state index is -0.169. The Labute approximate surface area is 133 Å². The minimum absolute atomic E-state index is 0.128. The summed E-state index contributed by atoms with van der Waals surface area (Å²) < 4.78 is 14.7. The van der Waals surface area contributed by atoms with Gasteiger partial charge in [-0.05, 0) is 37.1 Å². The first-order valence-corrected chi connectivity index (χ1v) is 7.75. The molecule has 0 aliphatic carbocycles. The number of hydrogen-bond acceptors (Lipinski definition) is 2. The van der Waals surface area contributed by atoms with E-state index < -0.39 is 0 Å². The topological polar surface area (TPSA) is 29.3 Å². The molecule has 2 rings (SSSR count). The fourth-order valence-corrected chi connectivity index (χ4v) is 2.79. The third-order valence-corrected chi connectivity index (χ3v) is 4.12. The molecule has 0 fully saturated rings. The van der Waals surface area contributed by atoms with Crippen molar-refractivity contribution < 1.29 is 4.39 Å². The van der Waals surface area contributed by atoms with Crippen molar-refractivity contribution in [2.45, 2.75) is 25.9 Å². The van der Waals surface area contributed by atoms with Crippen molar-refractivity contribution >= 4 is 21.6 Å². The highest BCUT2D eigenvalue weighted by atomic mass is 79.9. The van der Waals surface area contributed by atoms with Gasteiger partial charge in [0, 0.05) is 35.4 Å². The van der Waals surface area contributed by atoms with E-state index >= 15 is 0 Å². The number of nitrogens with two attached hydrogens (primary N) is 1. The first-order valence-electron chi connectivity index (χ1n) is 6.96. The predicted octanol–water partition coefficient (Wildman–Crippen LogP) is 4.11. The van der Waals surface area contributed by atoms with Crippen LogP contribution in [0.5, 0.6) is 0 Å². The summed E-state index contributed by atoms with van der Waals surface area (Å²) in [5, 5.41) is 0. The molecule has 0 spiro atoms. The molecule has 21 heavy (non-hydrogen) atoms. The second kappa shape index (κ2) is 7.05. The number of benzene rings is 2. The second-order valence-corrected chi connectivity index (χ2v) is 6.26. The lowest BCUT2D eigenvalue weighted by Gasteiger charge is -2.21. The molecule has 4 heteroatoms. The van der Waals surface area contributed by atoms with Gasteiger partial charge in [0.2, 0.25) is 0 Å². The number of hydrogen-bond donors (Lipinski definition) is 1. The number of rotatable bonds is 5. The summed E-state index contributed by atoms with van der Waals surface area (Å²) in [4.78, 5) is 2.03. The van der Waals surface area contributed by atoms with Gasteiger partial charge in [0.1, 0.15) is 5.82 Å². The van der Waals surface area contributed by atoms with Crippen molar-refractivity contribution in [2.24, 2.45) is 5.73 Å². The average molecular weight is 351 g/mol. The van der Waals surface area contributed by atoms with Crippen LogP contribution in [0.2, 0.25) is 0 Å². The minimum Gasteiger partial charge on any atom is -0.370 e. The summed E-state index contributed by atoms with van der Waals surface area (Å²) in [6.07, 6.45) is 0.831. The van der Waals surface area contributed by atoms with Crippen molar-refractivity contribution in [3.8, 4) is 0 Å². The third kappa shape index (κ3) is 4.29. The zero-order chi connectivity index (χ0) is 15.4. The van der Waals surface area contributed by atoms with Gasteiger partial charge < -0.3 is 10.6 Å². The maximum Gasteiger partial charge on any atom is 0.128 e. The highest BCUT2D eigenvalue weighted by Crippen LogP contribution is 2.25. The first-order chi connectivity index (χ1) is 9.97. The Kier molecular flexibility index (Phi) is 5.37. The fraction of sp³-hybridized carbons (Fsp3) is 0.294. The van der Waals surface area contributed by atoms with Crippen molar-refractivity contribution in [3.63, 3.8) is 0 Å². The van der Waals surface area contributed by atoms with Gasteiger partial charge in [0.15, 0.2) is 0 Å². The molecule has 0 saturated carbocycles. The summed E-state index contributed by atoms with van der Waals surface area (Å²) in [6.45, 7) is 2.52. The van der Waals surface area contributed by atoms with Gasteiger partial charge in [0.25, 0.3) is 0 Å². The monoisotopic (exact) mass is 350 g/mol. The van der Waals surface area contributed by atoms with E-state index in [-0.39, 0.29) is 11.9 Å². The van der Waals surface area contributed by atoms with Crippen LogP contribution in [0.15, 0.2) is 46.9 Å². The van der Waals surface area contributed by atoms with Crippen LogP contribution in [0.4, 0.5) is 10.1 Å². The van der Waals surface area contributed by atoms with Gasteiger partial charge in [-0.3, -0.25) is 0 Å². The van der Waals surface area contributed by atoms with Crippen LogP contribution in [0.25, 0.3) is 0 Å². The Hall–Kier alpha value is -1.39. The van der Waals surface area contributed by atoms with Crippen LogP contribution in [-0.4, -0.2) is 13.1 Å². The second-order valence-electron chi connectivity index (χ2n) is 5.40. The van der Waals surface area contributed by atoms with Crippen LogP contribution in [-0.2, 0) is 13.0 Å². The Morgan fingerprint density at radius 1 is 1.19 bits per heavy atom. The molecular formula is C17H20BrFN2. The van der Waals surface area contributed by atoms with E-state index in [0.29, 0.717) is 12.1 Å². The maximum atomic E-state index is 13.7. The highest BCUT2D eigenvalue weighted by molar-refractivity contribution is 9.10. The van der Waals surface area contributed by atoms with Crippen molar-refractivity contribution in [1.82, 2.24) is 0 Å². The van der Waals surface area contributed by atoms with E-state index in [9.17, 15) is 4.39 Å². The third-order valence-electron chi connectivity index (χ3n) is 3.38. The lowest BCUT2D eigenvalue weighted by Crippen LogP contribution is -2.19. The average Bonchev–Trinajstić information content (AvgIpc) is 2.43. The summed E-state index contributed by atoms with van der Waals surface area (Å²) in [5.41, 5.74) is 8.76. The lowest BCUT2D eigenvalue weighted by molar-refractivity contribution is 0.608. The van der Waals surface area contributed by atoms with E-state index in [2.05, 4.69) is 28.1 Å². The molecule has 2 nitrogen and oxygen atoms in total. The van der Waals surface area contributed by atoms with Gasteiger partial charge in [-0.2, -0.15) is 0 Å². The molecular weight excluding hydrogens is 331 g/mol. The van der Waals surface area contributed by atoms with Gasteiger partial charge in [-0.15, -0.1) is 0 Å². The molecule has 2 aromatic rings. The molecule has 0 bridgehead atoms. The molecule has 1 atom stereocenters. The number of halogens is 2. The Bertz CT molecular complexity index is 613. The van der Waals surface area contributed by atoms with E-state index in [1.807, 2.05) is 37.1 Å². The smallest absolute Gasteiger partial charge is 0.128 e.